The van der Waals surface area contributed by atoms with Crippen LogP contribution in [0.1, 0.15) is 27.2 Å². The molecule has 1 heterocycles. The smallest absolute Gasteiger partial charge is 0.304 e. The molecule has 0 spiro atoms. The van der Waals surface area contributed by atoms with Gasteiger partial charge in [0.15, 0.2) is 0 Å². The van der Waals surface area contributed by atoms with E-state index in [2.05, 4.69) is 18.7 Å². The summed E-state index contributed by atoms with van der Waals surface area (Å²) in [5.41, 5.74) is 0. The Hall–Kier alpha value is -0.220. The van der Waals surface area contributed by atoms with Crippen molar-refractivity contribution in [3.05, 3.63) is 0 Å². The summed E-state index contributed by atoms with van der Waals surface area (Å²) in [6.45, 7) is 8.46. The number of hydrogen-bond acceptors (Lipinski definition) is 3. The lowest BCUT2D eigenvalue weighted by atomic mass is 10.2. The van der Waals surface area contributed by atoms with Crippen LogP contribution in [0.25, 0.3) is 0 Å². The topological polar surface area (TPSA) is 40.5 Å². The molecule has 1 aliphatic heterocycles. The van der Waals surface area contributed by atoms with Gasteiger partial charge < -0.3 is 5.11 Å². The third-order valence-electron chi connectivity index (χ3n) is 2.54. The molecule has 1 rings (SSSR count). The maximum Gasteiger partial charge on any atom is 0.304 e. The van der Waals surface area contributed by atoms with Crippen LogP contribution in [0.15, 0.2) is 0 Å². The van der Waals surface area contributed by atoms with Gasteiger partial charge in [0.05, 0.1) is 6.42 Å². The van der Waals surface area contributed by atoms with Crippen molar-refractivity contribution in [1.82, 2.24) is 4.90 Å². The summed E-state index contributed by atoms with van der Waals surface area (Å²) in [6, 6.07) is 0.165. The molecule has 1 saturated heterocycles. The van der Waals surface area contributed by atoms with Gasteiger partial charge in [-0.25, -0.2) is 0 Å². The van der Waals surface area contributed by atoms with Crippen molar-refractivity contribution in [2.45, 2.75) is 43.7 Å². The number of carboxylic acids is 1. The van der Waals surface area contributed by atoms with Crippen LogP contribution in [-0.4, -0.2) is 45.6 Å². The fourth-order valence-electron chi connectivity index (χ4n) is 1.96. The van der Waals surface area contributed by atoms with Crippen LogP contribution in [-0.2, 0) is 4.79 Å². The van der Waals surface area contributed by atoms with Gasteiger partial charge in [0.2, 0.25) is 0 Å². The van der Waals surface area contributed by atoms with Gasteiger partial charge in [0.25, 0.3) is 0 Å². The van der Waals surface area contributed by atoms with Gasteiger partial charge in [-0.15, -0.1) is 0 Å². The van der Waals surface area contributed by atoms with E-state index in [1.165, 1.54) is 0 Å². The van der Waals surface area contributed by atoms with Crippen LogP contribution in [0.5, 0.6) is 0 Å². The first-order chi connectivity index (χ1) is 6.49. The minimum absolute atomic E-state index is 0.165. The molecule has 4 heteroatoms. The maximum atomic E-state index is 10.6. The Bertz CT molecular complexity index is 200. The molecular weight excluding hydrogens is 198 g/mol. The molecule has 14 heavy (non-hydrogen) atoms. The molecule has 0 aliphatic carbocycles. The van der Waals surface area contributed by atoms with E-state index in [-0.39, 0.29) is 12.5 Å². The number of carboxylic acid groups (broad SMARTS) is 1. The zero-order valence-electron chi connectivity index (χ0n) is 9.06. The van der Waals surface area contributed by atoms with Crippen molar-refractivity contribution in [2.75, 3.05) is 13.1 Å². The first-order valence-corrected chi connectivity index (χ1v) is 6.04. The lowest BCUT2D eigenvalue weighted by Gasteiger charge is -2.37. The number of aliphatic carboxylic acids is 1. The Morgan fingerprint density at radius 1 is 1.50 bits per heavy atom. The van der Waals surface area contributed by atoms with Gasteiger partial charge in [-0.05, 0) is 6.92 Å². The molecule has 3 atom stereocenters. The normalized spacial score (nSPS) is 31.4. The molecule has 0 bridgehead atoms. The maximum absolute atomic E-state index is 10.6. The van der Waals surface area contributed by atoms with Gasteiger partial charge in [-0.2, -0.15) is 11.8 Å². The summed E-state index contributed by atoms with van der Waals surface area (Å²) in [5.74, 6) is -0.698. The van der Waals surface area contributed by atoms with Crippen LogP contribution in [0, 0.1) is 0 Å². The largest absolute Gasteiger partial charge is 0.481 e. The highest BCUT2D eigenvalue weighted by atomic mass is 32.2. The van der Waals surface area contributed by atoms with Gasteiger partial charge in [0, 0.05) is 29.6 Å². The van der Waals surface area contributed by atoms with E-state index in [0.29, 0.717) is 10.5 Å². The SMILES string of the molecule is CC1CN(C(C)CC(=O)O)CC(C)S1. The van der Waals surface area contributed by atoms with Crippen LogP contribution in [0.2, 0.25) is 0 Å². The lowest BCUT2D eigenvalue weighted by Crippen LogP contribution is -2.45. The van der Waals surface area contributed by atoms with E-state index in [4.69, 9.17) is 5.11 Å². The Labute approximate surface area is 89.9 Å². The second-order valence-corrected chi connectivity index (χ2v) is 6.04. The highest BCUT2D eigenvalue weighted by Gasteiger charge is 2.26. The van der Waals surface area contributed by atoms with Gasteiger partial charge in [0.1, 0.15) is 0 Å². The van der Waals surface area contributed by atoms with E-state index in [1.807, 2.05) is 18.7 Å². The molecule has 0 aromatic rings. The van der Waals surface area contributed by atoms with Crippen LogP contribution in [0.4, 0.5) is 0 Å². The summed E-state index contributed by atoms with van der Waals surface area (Å²) in [7, 11) is 0. The van der Waals surface area contributed by atoms with E-state index in [0.717, 1.165) is 13.1 Å². The standard InChI is InChI=1S/C10H19NO2S/c1-7(4-10(12)13)11-5-8(2)14-9(3)6-11/h7-9H,4-6H2,1-3H3,(H,12,13). The average molecular weight is 217 g/mol. The van der Waals surface area contributed by atoms with Gasteiger partial charge in [-0.3, -0.25) is 9.69 Å². The minimum atomic E-state index is -0.698. The monoisotopic (exact) mass is 217 g/mol. The molecular formula is C10H19NO2S. The minimum Gasteiger partial charge on any atom is -0.481 e. The summed E-state index contributed by atoms with van der Waals surface area (Å²) in [6.07, 6.45) is 0.254. The van der Waals surface area contributed by atoms with Crippen molar-refractivity contribution in [2.24, 2.45) is 0 Å². The van der Waals surface area contributed by atoms with Crippen LogP contribution < -0.4 is 0 Å². The first kappa shape index (κ1) is 11.9. The molecule has 0 saturated carbocycles. The van der Waals surface area contributed by atoms with E-state index in [1.54, 1.807) is 0 Å². The second kappa shape index (κ2) is 5.03. The molecule has 0 aromatic carbocycles. The quantitative estimate of drug-likeness (QED) is 0.781. The Morgan fingerprint density at radius 3 is 2.43 bits per heavy atom. The fourth-order valence-corrected chi connectivity index (χ4v) is 3.31. The van der Waals surface area contributed by atoms with Crippen molar-refractivity contribution in [1.29, 1.82) is 0 Å². The highest BCUT2D eigenvalue weighted by Crippen LogP contribution is 2.26. The average Bonchev–Trinajstić information content (AvgIpc) is 2.00. The first-order valence-electron chi connectivity index (χ1n) is 5.10. The Morgan fingerprint density at radius 2 is 2.00 bits per heavy atom. The summed E-state index contributed by atoms with van der Waals surface area (Å²) < 4.78 is 0. The molecule has 1 fully saturated rings. The highest BCUT2D eigenvalue weighted by molar-refractivity contribution is 8.00. The predicted molar refractivity (Wildman–Crippen MR) is 59.8 cm³/mol. The zero-order chi connectivity index (χ0) is 10.7. The number of rotatable bonds is 3. The van der Waals surface area contributed by atoms with Crippen molar-refractivity contribution in [3.63, 3.8) is 0 Å². The predicted octanol–water partition coefficient (Wildman–Crippen LogP) is 1.68. The molecule has 0 amide bonds. The number of carbonyl (C=O) groups is 1. The van der Waals surface area contributed by atoms with Crippen molar-refractivity contribution >= 4 is 17.7 Å². The Balaban J connectivity index is 2.46. The molecule has 0 radical (unpaired) electrons. The van der Waals surface area contributed by atoms with E-state index >= 15 is 0 Å². The lowest BCUT2D eigenvalue weighted by molar-refractivity contribution is -0.138. The van der Waals surface area contributed by atoms with Gasteiger partial charge >= 0.3 is 5.97 Å². The molecule has 82 valence electrons. The fraction of sp³-hybridized carbons (Fsp3) is 0.900. The van der Waals surface area contributed by atoms with Crippen molar-refractivity contribution in [3.8, 4) is 0 Å². The summed E-state index contributed by atoms with van der Waals surface area (Å²) in [5, 5.41) is 9.96. The number of hydrogen-bond donors (Lipinski definition) is 1. The third-order valence-corrected chi connectivity index (χ3v) is 3.77. The number of nitrogens with zero attached hydrogens (tertiary/aromatic N) is 1. The Kier molecular flexibility index (Phi) is 4.26. The van der Waals surface area contributed by atoms with Crippen LogP contribution in [0.3, 0.4) is 0 Å². The van der Waals surface area contributed by atoms with E-state index < -0.39 is 5.97 Å². The van der Waals surface area contributed by atoms with Crippen LogP contribution >= 0.6 is 11.8 Å². The molecule has 3 unspecified atom stereocenters. The van der Waals surface area contributed by atoms with Crippen molar-refractivity contribution < 1.29 is 9.90 Å². The zero-order valence-corrected chi connectivity index (χ0v) is 9.88. The van der Waals surface area contributed by atoms with E-state index in [9.17, 15) is 4.79 Å². The molecule has 3 nitrogen and oxygen atoms in total. The molecule has 0 aromatic heterocycles. The number of thioether (sulfide) groups is 1. The second-order valence-electron chi connectivity index (χ2n) is 4.16. The van der Waals surface area contributed by atoms with Gasteiger partial charge in [-0.1, -0.05) is 13.8 Å². The third kappa shape index (κ3) is 3.50. The molecule has 1 N–H and O–H groups in total. The summed E-state index contributed by atoms with van der Waals surface area (Å²) >= 11 is 1.99. The molecule has 1 aliphatic rings. The summed E-state index contributed by atoms with van der Waals surface area (Å²) in [4.78, 5) is 12.9.